The van der Waals surface area contributed by atoms with Gasteiger partial charge < -0.3 is 14.0 Å². The van der Waals surface area contributed by atoms with Crippen molar-refractivity contribution in [3.05, 3.63) is 95.6 Å². The van der Waals surface area contributed by atoms with E-state index >= 15 is 0 Å². The molecule has 0 aromatic heterocycles. The lowest BCUT2D eigenvalue weighted by molar-refractivity contribution is -0.946. The molecule has 3 aromatic carbocycles. The maximum atomic E-state index is 14.0. The maximum Gasteiger partial charge on any atom is 0.415 e. The van der Waals surface area contributed by atoms with Gasteiger partial charge in [-0.25, -0.2) is 22.4 Å². The van der Waals surface area contributed by atoms with E-state index in [9.17, 15) is 22.4 Å². The lowest BCUT2D eigenvalue weighted by Gasteiger charge is -2.52. The zero-order valence-electron chi connectivity index (χ0n) is 21.2. The molecule has 6 rings (SSSR count). The van der Waals surface area contributed by atoms with Crippen molar-refractivity contribution in [3.8, 4) is 5.75 Å². The van der Waals surface area contributed by atoms with Crippen LogP contribution in [-0.4, -0.2) is 49.5 Å². The zero-order valence-corrected chi connectivity index (χ0v) is 22.9. The zero-order chi connectivity index (χ0) is 26.7. The van der Waals surface area contributed by atoms with Gasteiger partial charge in [0.2, 0.25) is 0 Å². The average Bonchev–Trinajstić information content (AvgIpc) is 2.91. The van der Waals surface area contributed by atoms with Gasteiger partial charge in [-0.3, -0.25) is 4.90 Å². The summed E-state index contributed by atoms with van der Waals surface area (Å²) in [6.07, 6.45) is 0.688. The van der Waals surface area contributed by atoms with Crippen LogP contribution in [0.25, 0.3) is 0 Å². The second-order valence-electron chi connectivity index (χ2n) is 10.1. The third-order valence-electron chi connectivity index (χ3n) is 7.60. The third kappa shape index (κ3) is 6.73. The number of ether oxygens (including phenoxy) is 2. The number of anilines is 1. The Kier molecular flexibility index (Phi) is 9.17. The highest BCUT2D eigenvalue weighted by Gasteiger charge is 2.48. The Hall–Kier alpha value is -3.11. The Morgan fingerprint density at radius 3 is 2.28 bits per heavy atom. The van der Waals surface area contributed by atoms with Crippen molar-refractivity contribution in [2.45, 2.75) is 25.5 Å². The largest absolute Gasteiger partial charge is 0.488 e. The molecule has 3 fully saturated rings. The summed E-state index contributed by atoms with van der Waals surface area (Å²) in [5, 5.41) is 0. The van der Waals surface area contributed by atoms with Gasteiger partial charge >= 0.3 is 6.09 Å². The van der Waals surface area contributed by atoms with Crippen molar-refractivity contribution in [1.29, 1.82) is 0 Å². The van der Waals surface area contributed by atoms with E-state index in [0.29, 0.717) is 13.2 Å². The number of hydrogen-bond donors (Lipinski definition) is 0. The van der Waals surface area contributed by atoms with Crippen LogP contribution in [0.4, 0.5) is 28.0 Å². The van der Waals surface area contributed by atoms with Gasteiger partial charge in [0.05, 0.1) is 25.3 Å². The van der Waals surface area contributed by atoms with Crippen molar-refractivity contribution in [1.82, 2.24) is 0 Å². The molecule has 3 aliphatic rings. The normalized spacial score (nSPS) is 21.6. The van der Waals surface area contributed by atoms with Gasteiger partial charge in [0.15, 0.2) is 23.6 Å². The fourth-order valence-electron chi connectivity index (χ4n) is 5.52. The standard InChI is InChI=1S/C29H29F4N2O3.BrH/c30-22-5-4-6-23(17-22)34(18-20-15-25(31)28(33)26(32)16-20)29(36)38-27-19-35(11-9-21(27)10-12-35)13-14-37-24-7-2-1-3-8-24;/h1-8,15-17,21,27H,9-14,18-19H2;1H/q+1;/t21?,27-,35?;/m0./s1. The number of piperidine rings is 3. The van der Waals surface area contributed by atoms with Crippen LogP contribution in [0.15, 0.2) is 66.7 Å². The third-order valence-corrected chi connectivity index (χ3v) is 7.60. The number of quaternary nitrogens is 1. The van der Waals surface area contributed by atoms with Gasteiger partial charge in [-0.15, -0.1) is 17.0 Å². The van der Waals surface area contributed by atoms with E-state index in [2.05, 4.69) is 0 Å². The fraction of sp³-hybridized carbons (Fsp3) is 0.345. The Morgan fingerprint density at radius 2 is 1.62 bits per heavy atom. The first-order valence-electron chi connectivity index (χ1n) is 12.7. The molecular formula is C29H30BrF4N2O3+. The first-order valence-corrected chi connectivity index (χ1v) is 12.7. The van der Waals surface area contributed by atoms with E-state index < -0.39 is 29.4 Å². The lowest BCUT2D eigenvalue weighted by atomic mass is 9.83. The molecule has 208 valence electrons. The van der Waals surface area contributed by atoms with Crippen LogP contribution in [0.2, 0.25) is 0 Å². The topological polar surface area (TPSA) is 38.8 Å². The summed E-state index contributed by atoms with van der Waals surface area (Å²) >= 11 is 0. The van der Waals surface area contributed by atoms with Crippen LogP contribution in [0, 0.1) is 29.2 Å². The van der Waals surface area contributed by atoms with Crippen LogP contribution >= 0.6 is 17.0 Å². The Morgan fingerprint density at radius 1 is 0.923 bits per heavy atom. The predicted molar refractivity (Wildman–Crippen MR) is 144 cm³/mol. The minimum Gasteiger partial charge on any atom is -0.488 e. The van der Waals surface area contributed by atoms with Gasteiger partial charge in [0.1, 0.15) is 31.3 Å². The van der Waals surface area contributed by atoms with Crippen LogP contribution in [0.3, 0.4) is 0 Å². The molecular weight excluding hydrogens is 580 g/mol. The van der Waals surface area contributed by atoms with Gasteiger partial charge in [-0.1, -0.05) is 24.3 Å². The van der Waals surface area contributed by atoms with Gasteiger partial charge in [0.25, 0.3) is 0 Å². The summed E-state index contributed by atoms with van der Waals surface area (Å²) in [4.78, 5) is 14.6. The number of hydrogen-bond acceptors (Lipinski definition) is 3. The highest BCUT2D eigenvalue weighted by molar-refractivity contribution is 8.93. The summed E-state index contributed by atoms with van der Waals surface area (Å²) in [6, 6.07) is 16.5. The molecule has 39 heavy (non-hydrogen) atoms. The Bertz CT molecular complexity index is 1270. The number of benzene rings is 3. The van der Waals surface area contributed by atoms with E-state index in [4.69, 9.17) is 9.47 Å². The molecule has 3 saturated heterocycles. The number of amides is 1. The van der Waals surface area contributed by atoms with E-state index in [-0.39, 0.29) is 46.8 Å². The summed E-state index contributed by atoms with van der Waals surface area (Å²) < 4.78 is 67.9. The number of para-hydroxylation sites is 1. The SMILES string of the molecule is Br.O=C(O[C@H]1C[N+]2(CCOc3ccccc3)CCC1CC2)N(Cc1cc(F)c(F)c(F)c1)c1cccc(F)c1. The predicted octanol–water partition coefficient (Wildman–Crippen LogP) is 6.65. The molecule has 1 amide bonds. The van der Waals surface area contributed by atoms with Crippen molar-refractivity contribution in [2.24, 2.45) is 5.92 Å². The number of carbonyl (C=O) groups is 1. The Labute approximate surface area is 235 Å². The molecule has 0 spiro atoms. The average molecular weight is 610 g/mol. The smallest absolute Gasteiger partial charge is 0.415 e. The van der Waals surface area contributed by atoms with E-state index in [1.165, 1.54) is 18.2 Å². The van der Waals surface area contributed by atoms with Gasteiger partial charge in [0, 0.05) is 18.8 Å². The monoisotopic (exact) mass is 609 g/mol. The molecule has 1 atom stereocenters. The number of fused-ring (bicyclic) bond motifs is 3. The molecule has 10 heteroatoms. The molecule has 0 aliphatic carbocycles. The molecule has 3 aliphatic heterocycles. The highest BCUT2D eigenvalue weighted by atomic mass is 79.9. The van der Waals surface area contributed by atoms with Crippen molar-refractivity contribution >= 4 is 28.8 Å². The molecule has 0 saturated carbocycles. The first kappa shape index (κ1) is 28.9. The fourth-order valence-corrected chi connectivity index (χ4v) is 5.52. The molecule has 2 bridgehead atoms. The minimum absolute atomic E-state index is 0. The number of carbonyl (C=O) groups excluding carboxylic acids is 1. The number of halogens is 5. The Balaban J connectivity index is 0.00000353. The molecule has 3 aromatic rings. The molecule has 5 nitrogen and oxygen atoms in total. The summed E-state index contributed by atoms with van der Waals surface area (Å²) in [6.45, 7) is 3.56. The first-order chi connectivity index (χ1) is 18.3. The van der Waals surface area contributed by atoms with Gasteiger partial charge in [-0.05, 0) is 48.0 Å². The maximum absolute atomic E-state index is 14.0. The van der Waals surface area contributed by atoms with Crippen LogP contribution in [0.1, 0.15) is 18.4 Å². The second-order valence-corrected chi connectivity index (χ2v) is 10.1. The van der Waals surface area contributed by atoms with Crippen LogP contribution < -0.4 is 9.64 Å². The van der Waals surface area contributed by atoms with Crippen molar-refractivity contribution < 1.29 is 36.3 Å². The summed E-state index contributed by atoms with van der Waals surface area (Å²) in [5.41, 5.74) is 0.180. The molecule has 3 heterocycles. The minimum atomic E-state index is -1.59. The highest BCUT2D eigenvalue weighted by Crippen LogP contribution is 2.36. The van der Waals surface area contributed by atoms with Crippen molar-refractivity contribution in [2.75, 3.05) is 37.7 Å². The summed E-state index contributed by atoms with van der Waals surface area (Å²) in [5.74, 6) is -3.90. The molecule has 0 radical (unpaired) electrons. The van der Waals surface area contributed by atoms with Crippen molar-refractivity contribution in [3.63, 3.8) is 0 Å². The lowest BCUT2D eigenvalue weighted by Crippen LogP contribution is -2.65. The number of nitrogens with zero attached hydrogens (tertiary/aromatic N) is 2. The van der Waals surface area contributed by atoms with Crippen LogP contribution in [-0.2, 0) is 11.3 Å². The molecule has 0 unspecified atom stereocenters. The van der Waals surface area contributed by atoms with Crippen LogP contribution in [0.5, 0.6) is 5.75 Å². The number of rotatable bonds is 8. The quantitative estimate of drug-likeness (QED) is 0.163. The van der Waals surface area contributed by atoms with Gasteiger partial charge in [-0.2, -0.15) is 0 Å². The van der Waals surface area contributed by atoms with E-state index in [0.717, 1.165) is 65.8 Å². The molecule has 0 N–H and O–H groups in total. The summed E-state index contributed by atoms with van der Waals surface area (Å²) in [7, 11) is 0. The van der Waals surface area contributed by atoms with E-state index in [1.807, 2.05) is 30.3 Å². The van der Waals surface area contributed by atoms with E-state index in [1.54, 1.807) is 0 Å². The second kappa shape index (κ2) is 12.4.